The van der Waals surface area contributed by atoms with Crippen LogP contribution in [-0.4, -0.2) is 27.6 Å². The van der Waals surface area contributed by atoms with Crippen molar-refractivity contribution >= 4 is 50.9 Å². The number of nitrogens with zero attached hydrogens (tertiary/aromatic N) is 1. The lowest BCUT2D eigenvalue weighted by Gasteiger charge is -2.33. The van der Waals surface area contributed by atoms with Gasteiger partial charge in [-0.25, -0.2) is 4.79 Å². The van der Waals surface area contributed by atoms with E-state index < -0.39 is 11.6 Å². The van der Waals surface area contributed by atoms with Crippen LogP contribution in [0.25, 0.3) is 0 Å². The van der Waals surface area contributed by atoms with Crippen LogP contribution < -0.4 is 16.1 Å². The number of carbonyl (C=O) groups is 2. The number of hydrogen-bond donors (Lipinski definition) is 3. The fourth-order valence-electron chi connectivity index (χ4n) is 3.14. The highest BCUT2D eigenvalue weighted by Gasteiger charge is 2.52. The minimum atomic E-state index is -0.776. The third-order valence-corrected chi connectivity index (χ3v) is 5.27. The first-order valence-electron chi connectivity index (χ1n) is 7.89. The SMILES string of the molecule is CC1CCC2(CC1)NC(=O)N(NC(=S)Nc1cccc(Br)c1)C2=O. The average molecular weight is 411 g/mol. The van der Waals surface area contributed by atoms with Crippen molar-refractivity contribution in [2.75, 3.05) is 5.32 Å². The van der Waals surface area contributed by atoms with E-state index in [0.29, 0.717) is 18.8 Å². The van der Waals surface area contributed by atoms with Gasteiger partial charge in [0.25, 0.3) is 5.91 Å². The lowest BCUT2D eigenvalue weighted by molar-refractivity contribution is -0.133. The summed E-state index contributed by atoms with van der Waals surface area (Å²) in [6, 6.07) is 7.00. The van der Waals surface area contributed by atoms with Crippen LogP contribution in [0.3, 0.4) is 0 Å². The van der Waals surface area contributed by atoms with Crippen LogP contribution >= 0.6 is 28.1 Å². The topological polar surface area (TPSA) is 73.5 Å². The van der Waals surface area contributed by atoms with Gasteiger partial charge in [0.2, 0.25) is 0 Å². The maximum Gasteiger partial charge on any atom is 0.344 e. The Bertz CT molecular complexity index is 688. The van der Waals surface area contributed by atoms with Gasteiger partial charge < -0.3 is 10.6 Å². The summed E-state index contributed by atoms with van der Waals surface area (Å²) in [4.78, 5) is 24.9. The first-order chi connectivity index (χ1) is 11.4. The highest BCUT2D eigenvalue weighted by molar-refractivity contribution is 9.10. The van der Waals surface area contributed by atoms with Crippen LogP contribution in [-0.2, 0) is 4.79 Å². The van der Waals surface area contributed by atoms with E-state index >= 15 is 0 Å². The van der Waals surface area contributed by atoms with Crippen molar-refractivity contribution in [1.29, 1.82) is 0 Å². The lowest BCUT2D eigenvalue weighted by atomic mass is 9.77. The van der Waals surface area contributed by atoms with Crippen molar-refractivity contribution in [1.82, 2.24) is 15.8 Å². The molecule has 6 nitrogen and oxygen atoms in total. The summed E-state index contributed by atoms with van der Waals surface area (Å²) in [6.07, 6.45) is 3.20. The van der Waals surface area contributed by atoms with Crippen molar-refractivity contribution in [2.45, 2.75) is 38.1 Å². The Labute approximate surface area is 154 Å². The Morgan fingerprint density at radius 2 is 2.08 bits per heavy atom. The van der Waals surface area contributed by atoms with Crippen molar-refractivity contribution in [3.8, 4) is 0 Å². The molecule has 1 aliphatic heterocycles. The van der Waals surface area contributed by atoms with Gasteiger partial charge in [-0.1, -0.05) is 28.9 Å². The summed E-state index contributed by atoms with van der Waals surface area (Å²) < 4.78 is 0.903. The Kier molecular flexibility index (Phi) is 4.78. The zero-order valence-corrected chi connectivity index (χ0v) is 15.7. The molecule has 1 heterocycles. The largest absolute Gasteiger partial charge is 0.344 e. The van der Waals surface area contributed by atoms with Gasteiger partial charge in [-0.05, 0) is 62.0 Å². The van der Waals surface area contributed by atoms with Crippen LogP contribution in [0.2, 0.25) is 0 Å². The van der Waals surface area contributed by atoms with E-state index in [-0.39, 0.29) is 11.0 Å². The number of hydrazine groups is 1. The number of nitrogens with one attached hydrogen (secondary N) is 3. The molecule has 3 rings (SSSR count). The number of rotatable bonds is 2. The molecule has 1 aliphatic carbocycles. The fraction of sp³-hybridized carbons (Fsp3) is 0.438. The molecule has 2 aliphatic rings. The molecule has 0 atom stereocenters. The summed E-state index contributed by atoms with van der Waals surface area (Å²) in [5.74, 6) is 0.333. The van der Waals surface area contributed by atoms with E-state index in [1.807, 2.05) is 24.3 Å². The number of benzene rings is 1. The Morgan fingerprint density at radius 1 is 1.38 bits per heavy atom. The third-order valence-electron chi connectivity index (χ3n) is 4.59. The molecule has 2 fully saturated rings. The fourth-order valence-corrected chi connectivity index (χ4v) is 3.75. The van der Waals surface area contributed by atoms with Gasteiger partial charge in [0.1, 0.15) is 5.54 Å². The zero-order valence-electron chi connectivity index (χ0n) is 13.3. The number of halogens is 1. The van der Waals surface area contributed by atoms with E-state index in [9.17, 15) is 9.59 Å². The maximum atomic E-state index is 12.7. The zero-order chi connectivity index (χ0) is 17.3. The van der Waals surface area contributed by atoms with Crippen LogP contribution in [0.5, 0.6) is 0 Å². The van der Waals surface area contributed by atoms with Gasteiger partial charge >= 0.3 is 6.03 Å². The second kappa shape index (κ2) is 6.68. The van der Waals surface area contributed by atoms with Gasteiger partial charge in [0.15, 0.2) is 5.11 Å². The number of carbonyl (C=O) groups excluding carboxylic acids is 2. The van der Waals surface area contributed by atoms with E-state index in [4.69, 9.17) is 12.2 Å². The Morgan fingerprint density at radius 3 is 2.75 bits per heavy atom. The number of anilines is 1. The second-order valence-corrected chi connectivity index (χ2v) is 7.74. The first kappa shape index (κ1) is 17.2. The molecule has 3 N–H and O–H groups in total. The summed E-state index contributed by atoms with van der Waals surface area (Å²) in [5.41, 5.74) is 2.69. The van der Waals surface area contributed by atoms with E-state index in [0.717, 1.165) is 28.0 Å². The maximum absolute atomic E-state index is 12.7. The van der Waals surface area contributed by atoms with Crippen molar-refractivity contribution in [3.05, 3.63) is 28.7 Å². The van der Waals surface area contributed by atoms with Gasteiger partial charge in [0, 0.05) is 10.2 Å². The normalized spacial score (nSPS) is 26.4. The number of hydrogen-bond acceptors (Lipinski definition) is 3. The van der Waals surface area contributed by atoms with Crippen molar-refractivity contribution in [3.63, 3.8) is 0 Å². The molecular weight excluding hydrogens is 392 g/mol. The van der Waals surface area contributed by atoms with E-state index in [1.54, 1.807) is 0 Å². The number of imide groups is 1. The molecule has 8 heteroatoms. The number of urea groups is 1. The molecular formula is C16H19BrN4O2S. The predicted octanol–water partition coefficient (Wildman–Crippen LogP) is 3.15. The molecule has 1 saturated heterocycles. The molecule has 24 heavy (non-hydrogen) atoms. The Hall–Kier alpha value is -1.67. The molecule has 0 unspecified atom stereocenters. The molecule has 0 bridgehead atoms. The van der Waals surface area contributed by atoms with Crippen LogP contribution in [0.1, 0.15) is 32.6 Å². The van der Waals surface area contributed by atoms with Gasteiger partial charge in [-0.2, -0.15) is 5.01 Å². The first-order valence-corrected chi connectivity index (χ1v) is 9.10. The van der Waals surface area contributed by atoms with Gasteiger partial charge in [-0.3, -0.25) is 10.2 Å². The summed E-state index contributed by atoms with van der Waals surface area (Å²) in [6.45, 7) is 2.17. The minimum Gasteiger partial charge on any atom is -0.331 e. The summed E-state index contributed by atoms with van der Waals surface area (Å²) >= 11 is 8.60. The second-order valence-electron chi connectivity index (χ2n) is 6.41. The molecule has 128 valence electrons. The predicted molar refractivity (Wildman–Crippen MR) is 99.2 cm³/mol. The highest BCUT2D eigenvalue weighted by Crippen LogP contribution is 2.35. The highest BCUT2D eigenvalue weighted by atomic mass is 79.9. The molecule has 3 amide bonds. The summed E-state index contributed by atoms with van der Waals surface area (Å²) in [7, 11) is 0. The quantitative estimate of drug-likeness (QED) is 0.515. The smallest absolute Gasteiger partial charge is 0.331 e. The number of amides is 3. The average Bonchev–Trinajstić information content (AvgIpc) is 2.75. The molecule has 0 aromatic heterocycles. The molecule has 1 aromatic carbocycles. The molecule has 1 saturated carbocycles. The van der Waals surface area contributed by atoms with Gasteiger partial charge in [0.05, 0.1) is 0 Å². The van der Waals surface area contributed by atoms with Gasteiger partial charge in [-0.15, -0.1) is 0 Å². The van der Waals surface area contributed by atoms with Crippen molar-refractivity contribution in [2.24, 2.45) is 5.92 Å². The Balaban J connectivity index is 1.65. The van der Waals surface area contributed by atoms with E-state index in [2.05, 4.69) is 38.9 Å². The minimum absolute atomic E-state index is 0.192. The van der Waals surface area contributed by atoms with E-state index in [1.165, 1.54) is 0 Å². The molecule has 1 aromatic rings. The third kappa shape index (κ3) is 3.39. The summed E-state index contributed by atoms with van der Waals surface area (Å²) in [5, 5.41) is 7.00. The van der Waals surface area contributed by atoms with Crippen LogP contribution in [0, 0.1) is 5.92 Å². The van der Waals surface area contributed by atoms with Crippen LogP contribution in [0.15, 0.2) is 28.7 Å². The van der Waals surface area contributed by atoms with Crippen LogP contribution in [0.4, 0.5) is 10.5 Å². The standard InChI is InChI=1S/C16H19BrN4O2S/c1-10-5-7-16(8-6-10)13(22)21(15(23)19-16)20-14(24)18-12-4-2-3-11(17)9-12/h2-4,9-10H,5-8H2,1H3,(H,19,23)(H2,18,20,24). The molecule has 1 spiro atoms. The van der Waals surface area contributed by atoms with Crippen molar-refractivity contribution < 1.29 is 9.59 Å². The number of thiocarbonyl (C=S) groups is 1. The molecule has 0 radical (unpaired) electrons. The monoisotopic (exact) mass is 410 g/mol. The lowest BCUT2D eigenvalue weighted by Crippen LogP contribution is -2.52.